The topological polar surface area (TPSA) is 99.5 Å². The number of aliphatic hydroxyl groups excluding tert-OH is 1. The number of likely N-dealkylation sites (tertiary alicyclic amines) is 1. The molecule has 1 unspecified atom stereocenters. The Morgan fingerprint density at radius 1 is 1.14 bits per heavy atom. The Labute approximate surface area is 208 Å². The highest BCUT2D eigenvalue weighted by molar-refractivity contribution is 6.46. The Bertz CT molecular complexity index is 1140. The quantitative estimate of drug-likeness (QED) is 0.249. The molecule has 0 radical (unpaired) electrons. The molecule has 0 spiro atoms. The Balaban J connectivity index is 1.74. The maximum atomic E-state index is 13.2. The molecule has 2 N–H and O–H groups in total. The monoisotopic (exact) mass is 498 g/mol. The first-order valence-electron chi connectivity index (χ1n) is 11.3. The normalized spacial score (nSPS) is 20.3. The van der Waals surface area contributed by atoms with Crippen LogP contribution in [0.25, 0.3) is 5.76 Å². The number of rotatable bonds is 8. The molecule has 4 rings (SSSR count). The van der Waals surface area contributed by atoms with Crippen molar-refractivity contribution >= 4 is 29.1 Å². The van der Waals surface area contributed by atoms with Crippen LogP contribution in [0.2, 0.25) is 5.02 Å². The fourth-order valence-corrected chi connectivity index (χ4v) is 4.45. The van der Waals surface area contributed by atoms with Gasteiger partial charge in [0.05, 0.1) is 30.4 Å². The molecule has 0 aromatic heterocycles. The number of nitrogens with zero attached hydrogens (tertiary/aromatic N) is 2. The molecule has 1 amide bonds. The number of halogens is 1. The number of ketones is 1. The van der Waals surface area contributed by atoms with E-state index in [4.69, 9.17) is 21.1 Å². The van der Waals surface area contributed by atoms with Crippen LogP contribution in [0.1, 0.15) is 17.2 Å². The summed E-state index contributed by atoms with van der Waals surface area (Å²) in [6.07, 6.45) is 1.63. The molecule has 2 aliphatic heterocycles. The third kappa shape index (κ3) is 5.35. The van der Waals surface area contributed by atoms with Crippen molar-refractivity contribution in [1.29, 1.82) is 0 Å². The van der Waals surface area contributed by atoms with Crippen LogP contribution in [0.5, 0.6) is 11.5 Å². The van der Waals surface area contributed by atoms with E-state index in [9.17, 15) is 19.8 Å². The standard InChI is InChI=1S/C26H27ClN2O6/c1-2-13-35-19-6-3-17(4-7-19)23-22(24(31)20-16-18(27)5-8-21(20)30)25(32)26(33)29(23)10-9-28-11-14-34-15-12-28/h2-8,16,23,30-31H,1,9-15H2. The number of aromatic hydroxyl groups is 1. The fourth-order valence-electron chi connectivity index (χ4n) is 4.28. The highest BCUT2D eigenvalue weighted by Crippen LogP contribution is 2.41. The largest absolute Gasteiger partial charge is 0.507 e. The summed E-state index contributed by atoms with van der Waals surface area (Å²) in [5, 5.41) is 21.7. The van der Waals surface area contributed by atoms with Crippen LogP contribution in [-0.4, -0.2) is 77.7 Å². The van der Waals surface area contributed by atoms with Crippen LogP contribution in [-0.2, 0) is 14.3 Å². The second-order valence-corrected chi connectivity index (χ2v) is 8.71. The summed E-state index contributed by atoms with van der Waals surface area (Å²) in [5.41, 5.74) is 0.508. The molecule has 8 nitrogen and oxygen atoms in total. The maximum Gasteiger partial charge on any atom is 0.295 e. The second-order valence-electron chi connectivity index (χ2n) is 8.28. The zero-order valence-electron chi connectivity index (χ0n) is 19.2. The molecule has 0 bridgehead atoms. The first-order chi connectivity index (χ1) is 16.9. The zero-order chi connectivity index (χ0) is 24.9. The number of Topliss-reactive ketones (excluding diaryl/α,β-unsaturated/α-hetero) is 1. The third-order valence-corrected chi connectivity index (χ3v) is 6.31. The van der Waals surface area contributed by atoms with Crippen LogP contribution < -0.4 is 4.74 Å². The highest BCUT2D eigenvalue weighted by Gasteiger charge is 2.46. The average molecular weight is 499 g/mol. The summed E-state index contributed by atoms with van der Waals surface area (Å²) in [5.74, 6) is -1.65. The number of amides is 1. The van der Waals surface area contributed by atoms with Gasteiger partial charge in [0, 0.05) is 31.2 Å². The Morgan fingerprint density at radius 2 is 1.86 bits per heavy atom. The minimum absolute atomic E-state index is 0.0142. The average Bonchev–Trinajstić information content (AvgIpc) is 3.13. The van der Waals surface area contributed by atoms with Gasteiger partial charge in [0.1, 0.15) is 23.9 Å². The van der Waals surface area contributed by atoms with E-state index in [0.29, 0.717) is 37.7 Å². The van der Waals surface area contributed by atoms with Crippen molar-refractivity contribution in [3.05, 3.63) is 76.8 Å². The predicted molar refractivity (Wildman–Crippen MR) is 132 cm³/mol. The lowest BCUT2D eigenvalue weighted by Crippen LogP contribution is -2.42. The molecule has 2 fully saturated rings. The molecule has 35 heavy (non-hydrogen) atoms. The SMILES string of the molecule is C=CCOc1ccc(C2C(=C(O)c3cc(Cl)ccc3O)C(=O)C(=O)N2CCN2CCOCC2)cc1. The van der Waals surface area contributed by atoms with E-state index in [1.165, 1.54) is 23.1 Å². The van der Waals surface area contributed by atoms with Crippen molar-refractivity contribution in [2.75, 3.05) is 46.0 Å². The molecule has 2 heterocycles. The van der Waals surface area contributed by atoms with E-state index in [0.717, 1.165) is 13.1 Å². The molecule has 2 aromatic carbocycles. The fraction of sp³-hybridized carbons (Fsp3) is 0.308. The van der Waals surface area contributed by atoms with Gasteiger partial charge in [0.15, 0.2) is 0 Å². The van der Waals surface area contributed by atoms with Crippen LogP contribution in [0, 0.1) is 0 Å². The van der Waals surface area contributed by atoms with Crippen LogP contribution >= 0.6 is 11.6 Å². The van der Waals surface area contributed by atoms with Crippen molar-refractivity contribution in [3.63, 3.8) is 0 Å². The predicted octanol–water partition coefficient (Wildman–Crippen LogP) is 3.36. The van der Waals surface area contributed by atoms with E-state index >= 15 is 0 Å². The molecule has 2 saturated heterocycles. The summed E-state index contributed by atoms with van der Waals surface area (Å²) >= 11 is 6.07. The van der Waals surface area contributed by atoms with Crippen LogP contribution in [0.15, 0.2) is 60.7 Å². The Morgan fingerprint density at radius 3 is 2.54 bits per heavy atom. The van der Waals surface area contributed by atoms with Gasteiger partial charge in [-0.1, -0.05) is 36.4 Å². The molecular formula is C26H27ClN2O6. The van der Waals surface area contributed by atoms with Gasteiger partial charge in [-0.15, -0.1) is 0 Å². The molecule has 0 saturated carbocycles. The van der Waals surface area contributed by atoms with Crippen LogP contribution in [0.3, 0.4) is 0 Å². The molecule has 9 heteroatoms. The van der Waals surface area contributed by atoms with E-state index < -0.39 is 23.5 Å². The number of aliphatic hydroxyl groups is 1. The van der Waals surface area contributed by atoms with E-state index in [1.54, 1.807) is 30.3 Å². The smallest absolute Gasteiger partial charge is 0.295 e. The lowest BCUT2D eigenvalue weighted by molar-refractivity contribution is -0.140. The van der Waals surface area contributed by atoms with Gasteiger partial charge in [-0.05, 0) is 35.9 Å². The molecule has 0 aliphatic carbocycles. The number of benzene rings is 2. The molecule has 184 valence electrons. The van der Waals surface area contributed by atoms with Gasteiger partial charge in [0.2, 0.25) is 0 Å². The third-order valence-electron chi connectivity index (χ3n) is 6.08. The number of phenolic OH excluding ortho intramolecular Hbond substituents is 1. The van der Waals surface area contributed by atoms with Crippen LogP contribution in [0.4, 0.5) is 0 Å². The number of morpholine rings is 1. The number of ether oxygens (including phenoxy) is 2. The molecular weight excluding hydrogens is 472 g/mol. The minimum atomic E-state index is -0.845. The maximum absolute atomic E-state index is 13.2. The van der Waals surface area contributed by atoms with Gasteiger partial charge in [0.25, 0.3) is 11.7 Å². The summed E-state index contributed by atoms with van der Waals surface area (Å²) in [7, 11) is 0. The summed E-state index contributed by atoms with van der Waals surface area (Å²) in [6.45, 7) is 7.50. The first kappa shape index (κ1) is 24.8. The zero-order valence-corrected chi connectivity index (χ0v) is 19.9. The van der Waals surface area contributed by atoms with E-state index in [1.807, 2.05) is 0 Å². The number of carbonyl (C=O) groups excluding carboxylic acids is 2. The lowest BCUT2D eigenvalue weighted by atomic mass is 9.95. The number of phenols is 1. The summed E-state index contributed by atoms with van der Waals surface area (Å²) in [6, 6.07) is 10.3. The van der Waals surface area contributed by atoms with E-state index in [2.05, 4.69) is 11.5 Å². The number of carbonyl (C=O) groups is 2. The van der Waals surface area contributed by atoms with Gasteiger partial charge < -0.3 is 24.6 Å². The van der Waals surface area contributed by atoms with Crippen molar-refractivity contribution in [2.45, 2.75) is 6.04 Å². The van der Waals surface area contributed by atoms with Gasteiger partial charge in [-0.3, -0.25) is 14.5 Å². The van der Waals surface area contributed by atoms with Gasteiger partial charge in [-0.2, -0.15) is 0 Å². The number of hydrogen-bond donors (Lipinski definition) is 2. The molecule has 1 atom stereocenters. The van der Waals surface area contributed by atoms with Crippen molar-refractivity contribution in [1.82, 2.24) is 9.80 Å². The lowest BCUT2D eigenvalue weighted by Gasteiger charge is -2.31. The van der Waals surface area contributed by atoms with E-state index in [-0.39, 0.29) is 28.5 Å². The van der Waals surface area contributed by atoms with Crippen molar-refractivity contribution in [2.24, 2.45) is 0 Å². The summed E-state index contributed by atoms with van der Waals surface area (Å²) < 4.78 is 10.9. The molecule has 2 aliphatic rings. The van der Waals surface area contributed by atoms with Crippen molar-refractivity contribution in [3.8, 4) is 11.5 Å². The highest BCUT2D eigenvalue weighted by atomic mass is 35.5. The summed E-state index contributed by atoms with van der Waals surface area (Å²) in [4.78, 5) is 29.9. The minimum Gasteiger partial charge on any atom is -0.507 e. The molecule has 2 aromatic rings. The second kappa shape index (κ2) is 10.9. The Kier molecular flexibility index (Phi) is 7.75. The van der Waals surface area contributed by atoms with Gasteiger partial charge >= 0.3 is 0 Å². The number of hydrogen-bond acceptors (Lipinski definition) is 7. The Hall–Kier alpha value is -3.33. The van der Waals surface area contributed by atoms with Crippen molar-refractivity contribution < 1.29 is 29.3 Å². The van der Waals surface area contributed by atoms with Gasteiger partial charge in [-0.25, -0.2) is 0 Å². The first-order valence-corrected chi connectivity index (χ1v) is 11.7.